The molecule has 4 saturated heterocycles. The molecule has 9 heterocycles. The van der Waals surface area contributed by atoms with Crippen molar-refractivity contribution in [3.63, 3.8) is 0 Å². The van der Waals surface area contributed by atoms with Crippen LogP contribution in [0.1, 0.15) is 22.8 Å². The number of fused-ring (bicyclic) bond motifs is 8. The lowest BCUT2D eigenvalue weighted by molar-refractivity contribution is -0.277. The van der Waals surface area contributed by atoms with E-state index in [1.807, 2.05) is 48.6 Å². The smallest absolute Gasteiger partial charge is 0.229 e. The van der Waals surface area contributed by atoms with Crippen molar-refractivity contribution in [1.29, 1.82) is 0 Å². The minimum absolute atomic E-state index is 0.193. The Morgan fingerprint density at radius 2 is 0.469 bits per heavy atom. The molecule has 6 aliphatic heterocycles. The van der Waals surface area contributed by atoms with Crippen molar-refractivity contribution in [3.05, 3.63) is 144 Å². The van der Waals surface area contributed by atoms with Gasteiger partial charge in [0.15, 0.2) is 0 Å². The molecule has 28 nitrogen and oxygen atoms in total. The highest BCUT2D eigenvalue weighted by Crippen LogP contribution is 2.41. The van der Waals surface area contributed by atoms with Gasteiger partial charge in [-0.25, -0.2) is 9.97 Å². The summed E-state index contributed by atoms with van der Waals surface area (Å²) in [5, 5.41) is 167. The van der Waals surface area contributed by atoms with E-state index in [1.165, 1.54) is 0 Å². The third-order valence-electron chi connectivity index (χ3n) is 17.7. The van der Waals surface area contributed by atoms with Gasteiger partial charge >= 0.3 is 0 Å². The molecule has 20 atom stereocenters. The molecule has 8 bridgehead atoms. The highest BCUT2D eigenvalue weighted by molar-refractivity contribution is 6.00. The molecule has 0 spiro atoms. The summed E-state index contributed by atoms with van der Waals surface area (Å²) in [4.78, 5) is 18.0. The summed E-state index contributed by atoms with van der Waals surface area (Å²) in [7, 11) is 0. The number of nitrogens with one attached hydrogen (secondary N) is 2. The molecule has 4 fully saturated rings. The zero-order valence-electron chi connectivity index (χ0n) is 50.5. The van der Waals surface area contributed by atoms with Crippen molar-refractivity contribution < 1.29 is 120 Å². The molecule has 96 heavy (non-hydrogen) atoms. The third-order valence-corrected chi connectivity index (χ3v) is 17.7. The number of aliphatic hydroxyl groups excluding tert-OH is 16. The number of nitrogens with zero attached hydrogens (tertiary/aromatic N) is 2. The van der Waals surface area contributed by atoms with Crippen molar-refractivity contribution >= 4 is 46.4 Å². The Bertz CT molecular complexity index is 3610. The van der Waals surface area contributed by atoms with Gasteiger partial charge in [0.25, 0.3) is 0 Å². The van der Waals surface area contributed by atoms with Gasteiger partial charge < -0.3 is 130 Å². The predicted octanol–water partition coefficient (Wildman–Crippen LogP) is 0.0384. The molecule has 18 N–H and O–H groups in total. The van der Waals surface area contributed by atoms with Crippen molar-refractivity contribution in [2.24, 2.45) is 0 Å². The number of aromatic nitrogens is 4. The lowest BCUT2D eigenvalue weighted by atomic mass is 9.99. The number of rotatable bonds is 16. The molecule has 6 aliphatic rings. The van der Waals surface area contributed by atoms with Crippen LogP contribution in [0.5, 0.6) is 23.0 Å². The van der Waals surface area contributed by atoms with Crippen molar-refractivity contribution in [1.82, 2.24) is 19.9 Å². The maximum Gasteiger partial charge on any atom is 0.229 e. The van der Waals surface area contributed by atoms with Crippen LogP contribution in [0.15, 0.2) is 121 Å². The molecule has 28 heteroatoms. The summed E-state index contributed by atoms with van der Waals surface area (Å²) in [6.45, 7) is -2.65. The fourth-order valence-corrected chi connectivity index (χ4v) is 12.4. The monoisotopic (exact) mass is 1330 g/mol. The second-order valence-electron chi connectivity index (χ2n) is 23.9. The van der Waals surface area contributed by atoms with Gasteiger partial charge in [-0.3, -0.25) is 0 Å². The molecule has 506 valence electrons. The fraction of sp³-hybridized carbons (Fsp3) is 0.353. The molecule has 3 aromatic heterocycles. The van der Waals surface area contributed by atoms with Crippen LogP contribution >= 0.6 is 0 Å². The molecular formula is C68H70N4O24. The quantitative estimate of drug-likeness (QED) is 0.0607. The van der Waals surface area contributed by atoms with Crippen LogP contribution in [0, 0.1) is 0 Å². The topological polar surface area (TPSA) is 455 Å². The Morgan fingerprint density at radius 3 is 0.656 bits per heavy atom. The molecule has 0 radical (unpaired) electrons. The molecule has 0 aliphatic carbocycles. The average Bonchev–Trinajstić information content (AvgIpc) is 1.66. The van der Waals surface area contributed by atoms with Crippen LogP contribution in [0.2, 0.25) is 0 Å². The normalized spacial score (nSPS) is 31.2. The van der Waals surface area contributed by atoms with Crippen LogP contribution < -0.4 is 18.9 Å². The Hall–Kier alpha value is -8.12. The van der Waals surface area contributed by atoms with E-state index in [9.17, 15) is 81.7 Å². The Morgan fingerprint density at radius 1 is 0.271 bits per heavy atom. The standard InChI is InChI=1S/C68H70N4O24/c73-25-45-53(77)57(81)61(85)65(93-45)89-33-9-1-29(2-10-33)49-37-17-19-39(69-37)50(30-3-11-34(12-4-30)90-66-62(86)58(82)54(78)46(26-74)94-66)41-21-23-43(71-41)52(32-7-15-36(16-8-32)92-68-64(88)60(84)56(80)48(28-76)96-68)44-24-22-42(72-44)51(40-20-18-38(49)70-40)31-5-13-35(14-6-31)91-67-63(87)59(83)55(79)47(27-75)95-67/h1-24,45-48,53-69,72-88H,25-28H2/t45-,46-,47-,48-,53-,54-,55-,56-,57+,58+,59+,60+,61-,62-,63-,64-,65-,66-,67-,68-/m1/s1. The van der Waals surface area contributed by atoms with E-state index in [0.717, 1.165) is 0 Å². The highest BCUT2D eigenvalue weighted by Gasteiger charge is 2.48. The first kappa shape index (κ1) is 66.5. The van der Waals surface area contributed by atoms with Gasteiger partial charge in [0, 0.05) is 44.3 Å². The second-order valence-corrected chi connectivity index (χ2v) is 23.9. The zero-order valence-corrected chi connectivity index (χ0v) is 50.5. The minimum atomic E-state index is -1.69. The second kappa shape index (κ2) is 27.8. The molecule has 0 amide bonds. The number of ether oxygens (including phenoxy) is 8. The molecule has 4 aromatic carbocycles. The largest absolute Gasteiger partial charge is 0.462 e. The van der Waals surface area contributed by atoms with Gasteiger partial charge in [-0.2, -0.15) is 0 Å². The minimum Gasteiger partial charge on any atom is -0.462 e. The van der Waals surface area contributed by atoms with Gasteiger partial charge in [0.1, 0.15) is 121 Å². The first-order valence-electron chi connectivity index (χ1n) is 30.8. The van der Waals surface area contributed by atoms with E-state index in [0.29, 0.717) is 89.4 Å². The summed E-state index contributed by atoms with van der Waals surface area (Å²) in [5.74, 6) is 0.772. The SMILES string of the molecule is OC[C@H]1O[C@@H](Oc2ccc(-c3c4nc(c(-c5ccc(O[C@@H]6O[C@H](CO)[C@@H](O)[C@H](O)[C@H]6O)cc5)c5ccc([nH]5)c(-c5ccc(O[C@@H]6O[C@H](CO)[C@@H](O)[C@H](O)[C@H]6O)cc5)c5nc(c(-c6ccc(O[C@@H]7O[C@H](CO)[C@@H](O)[C@H](O)[C@H]7O)cc6)c6ccc3[nH]6)C=C5)C=C4)cc2)[C@H](O)[C@@H](O)[C@@H]1O. The van der Waals surface area contributed by atoms with E-state index in [1.54, 1.807) is 97.1 Å². The van der Waals surface area contributed by atoms with E-state index in [-0.39, 0.29) is 23.0 Å². The van der Waals surface area contributed by atoms with Gasteiger partial charge in [0.2, 0.25) is 25.2 Å². The van der Waals surface area contributed by atoms with E-state index in [2.05, 4.69) is 9.97 Å². The van der Waals surface area contributed by atoms with Crippen LogP contribution in [-0.4, -0.2) is 251 Å². The molecule has 13 rings (SSSR count). The number of aliphatic hydroxyl groups is 16. The number of benzene rings is 4. The highest BCUT2D eigenvalue weighted by atomic mass is 16.7. The van der Waals surface area contributed by atoms with Crippen molar-refractivity contribution in [2.75, 3.05) is 26.4 Å². The summed E-state index contributed by atoms with van der Waals surface area (Å²) in [6, 6.07) is 34.2. The zero-order chi connectivity index (χ0) is 67.4. The number of hydrogen-bond donors (Lipinski definition) is 18. The molecule has 7 aromatic rings. The van der Waals surface area contributed by atoms with E-state index < -0.39 is 149 Å². The van der Waals surface area contributed by atoms with Gasteiger partial charge in [-0.05, 0) is 119 Å². The lowest BCUT2D eigenvalue weighted by Crippen LogP contribution is -2.60. The lowest BCUT2D eigenvalue weighted by Gasteiger charge is -2.39. The number of H-pyrrole nitrogens is 2. The van der Waals surface area contributed by atoms with Crippen molar-refractivity contribution in [3.8, 4) is 67.5 Å². The summed E-state index contributed by atoms with van der Waals surface area (Å²) >= 11 is 0. The molecular weight excluding hydrogens is 1260 g/mol. The maximum absolute atomic E-state index is 10.8. The van der Waals surface area contributed by atoms with Gasteiger partial charge in [0.05, 0.1) is 49.2 Å². The first-order chi connectivity index (χ1) is 46.3. The summed E-state index contributed by atoms with van der Waals surface area (Å²) in [5.41, 5.74) is 8.73. The molecule has 0 saturated carbocycles. The van der Waals surface area contributed by atoms with E-state index in [4.69, 9.17) is 47.9 Å². The predicted molar refractivity (Wildman–Crippen MR) is 338 cm³/mol. The third kappa shape index (κ3) is 12.8. The number of aromatic amines is 2. The Kier molecular flexibility index (Phi) is 19.2. The van der Waals surface area contributed by atoms with Crippen molar-refractivity contribution in [2.45, 2.75) is 123 Å². The maximum atomic E-state index is 10.8. The van der Waals surface area contributed by atoms with Crippen LogP contribution in [0.4, 0.5) is 0 Å². The van der Waals surface area contributed by atoms with E-state index >= 15 is 0 Å². The number of hydrogen-bond acceptors (Lipinski definition) is 26. The summed E-state index contributed by atoms with van der Waals surface area (Å²) < 4.78 is 46.6. The Labute approximate surface area is 544 Å². The first-order valence-corrected chi connectivity index (χ1v) is 30.8. The Balaban J connectivity index is 0.980. The van der Waals surface area contributed by atoms with Crippen LogP contribution in [0.3, 0.4) is 0 Å². The fourth-order valence-electron chi connectivity index (χ4n) is 12.4. The summed E-state index contributed by atoms with van der Waals surface area (Å²) in [6.07, 6.45) is -23.4. The molecule has 0 unspecified atom stereocenters. The average molecular weight is 1330 g/mol. The van der Waals surface area contributed by atoms with Crippen LogP contribution in [-0.2, 0) is 18.9 Å². The van der Waals surface area contributed by atoms with Gasteiger partial charge in [-0.1, -0.05) is 48.5 Å². The van der Waals surface area contributed by atoms with Gasteiger partial charge in [-0.15, -0.1) is 0 Å². The van der Waals surface area contributed by atoms with Crippen LogP contribution in [0.25, 0.3) is 90.9 Å².